The number of hydrogen-bond donors (Lipinski definition) is 0. The Bertz CT molecular complexity index is 745. The Hall–Kier alpha value is -1.82. The Balaban J connectivity index is 1.89. The van der Waals surface area contributed by atoms with Crippen LogP contribution in [0.1, 0.15) is 62.4 Å². The molecule has 0 bridgehead atoms. The minimum atomic E-state index is 0.0115. The van der Waals surface area contributed by atoms with Crippen molar-refractivity contribution in [3.05, 3.63) is 29.1 Å². The summed E-state index contributed by atoms with van der Waals surface area (Å²) in [4.78, 5) is 4.94. The molecule has 128 valence electrons. The Morgan fingerprint density at radius 3 is 2.62 bits per heavy atom. The van der Waals surface area contributed by atoms with E-state index in [-0.39, 0.29) is 5.92 Å². The summed E-state index contributed by atoms with van der Waals surface area (Å²) in [6.07, 6.45) is 9.24. The van der Waals surface area contributed by atoms with Gasteiger partial charge in [-0.2, -0.15) is 5.26 Å². The zero-order chi connectivity index (χ0) is 17.1. The van der Waals surface area contributed by atoms with Gasteiger partial charge in [0.25, 0.3) is 0 Å². The van der Waals surface area contributed by atoms with E-state index in [9.17, 15) is 5.26 Å². The molecule has 1 aromatic carbocycles. The first-order valence-electron chi connectivity index (χ1n) is 9.44. The fourth-order valence-electron chi connectivity index (χ4n) is 3.95. The summed E-state index contributed by atoms with van der Waals surface area (Å²) in [6.45, 7) is 7.04. The molecule has 24 heavy (non-hydrogen) atoms. The van der Waals surface area contributed by atoms with E-state index in [4.69, 9.17) is 4.98 Å². The van der Waals surface area contributed by atoms with Gasteiger partial charge in [-0.05, 0) is 56.4 Å². The lowest BCUT2D eigenvalue weighted by atomic mass is 9.86. The smallest absolute Gasteiger partial charge is 0.109 e. The first-order chi connectivity index (χ1) is 11.6. The van der Waals surface area contributed by atoms with Gasteiger partial charge >= 0.3 is 0 Å². The summed E-state index contributed by atoms with van der Waals surface area (Å²) in [6, 6.07) is 6.82. The number of fused-ring (bicyclic) bond motifs is 1. The maximum absolute atomic E-state index is 9.25. The van der Waals surface area contributed by atoms with Crippen LogP contribution in [0.5, 0.6) is 0 Å². The number of nitrogens with zero attached hydrogens (tertiary/aromatic N) is 3. The minimum absolute atomic E-state index is 0.0115. The van der Waals surface area contributed by atoms with Gasteiger partial charge in [-0.15, -0.1) is 0 Å². The Morgan fingerprint density at radius 1 is 1.21 bits per heavy atom. The second-order valence-electron chi connectivity index (χ2n) is 7.64. The van der Waals surface area contributed by atoms with Crippen molar-refractivity contribution >= 4 is 11.0 Å². The maximum Gasteiger partial charge on any atom is 0.109 e. The summed E-state index contributed by atoms with van der Waals surface area (Å²) in [5.74, 6) is 2.05. The fourth-order valence-corrected chi connectivity index (χ4v) is 3.95. The third kappa shape index (κ3) is 3.64. The second kappa shape index (κ2) is 7.38. The van der Waals surface area contributed by atoms with Crippen LogP contribution >= 0.6 is 0 Å². The third-order valence-electron chi connectivity index (χ3n) is 5.62. The molecular weight excluding hydrogens is 294 g/mol. The first-order valence-corrected chi connectivity index (χ1v) is 9.44. The van der Waals surface area contributed by atoms with Gasteiger partial charge in [0, 0.05) is 13.0 Å². The molecule has 1 aliphatic carbocycles. The van der Waals surface area contributed by atoms with Gasteiger partial charge in [-0.3, -0.25) is 0 Å². The van der Waals surface area contributed by atoms with Crippen LogP contribution in [0, 0.1) is 37.0 Å². The molecule has 0 amide bonds. The number of aryl methyl sites for hydroxylation is 3. The molecule has 1 heterocycles. The second-order valence-corrected chi connectivity index (χ2v) is 7.64. The monoisotopic (exact) mass is 323 g/mol. The Kier molecular flexibility index (Phi) is 5.23. The summed E-state index contributed by atoms with van der Waals surface area (Å²) < 4.78 is 2.30. The Morgan fingerprint density at radius 2 is 1.92 bits per heavy atom. The Labute approximate surface area is 145 Å². The van der Waals surface area contributed by atoms with E-state index in [0.29, 0.717) is 0 Å². The van der Waals surface area contributed by atoms with Gasteiger partial charge < -0.3 is 4.57 Å². The summed E-state index contributed by atoms with van der Waals surface area (Å²) >= 11 is 0. The average molecular weight is 323 g/mol. The minimum Gasteiger partial charge on any atom is -0.327 e. The topological polar surface area (TPSA) is 41.6 Å². The van der Waals surface area contributed by atoms with Crippen LogP contribution in [-0.4, -0.2) is 9.55 Å². The van der Waals surface area contributed by atoms with Crippen LogP contribution in [-0.2, 0) is 13.0 Å². The zero-order valence-electron chi connectivity index (χ0n) is 15.3. The predicted octanol–water partition coefficient (Wildman–Crippen LogP) is 5.33. The largest absolute Gasteiger partial charge is 0.327 e. The molecule has 3 rings (SSSR count). The molecule has 2 aromatic rings. The van der Waals surface area contributed by atoms with E-state index in [1.165, 1.54) is 61.0 Å². The number of aromatic nitrogens is 2. The summed E-state index contributed by atoms with van der Waals surface area (Å²) in [7, 11) is 0. The van der Waals surface area contributed by atoms with Gasteiger partial charge in [0.2, 0.25) is 0 Å². The molecule has 0 aliphatic heterocycles. The van der Waals surface area contributed by atoms with Gasteiger partial charge in [0.15, 0.2) is 0 Å². The van der Waals surface area contributed by atoms with Gasteiger partial charge in [-0.1, -0.05) is 32.1 Å². The molecule has 0 spiro atoms. The number of nitriles is 1. The summed E-state index contributed by atoms with van der Waals surface area (Å²) in [5.41, 5.74) is 4.87. The van der Waals surface area contributed by atoms with Crippen molar-refractivity contribution in [2.45, 2.75) is 72.3 Å². The van der Waals surface area contributed by atoms with Crippen molar-refractivity contribution in [1.82, 2.24) is 9.55 Å². The summed E-state index contributed by atoms with van der Waals surface area (Å²) in [5, 5.41) is 9.25. The highest BCUT2D eigenvalue weighted by molar-refractivity contribution is 5.78. The molecule has 0 N–H and O–H groups in total. The molecule has 0 radical (unpaired) electrons. The molecule has 1 aliphatic rings. The van der Waals surface area contributed by atoms with Crippen molar-refractivity contribution in [2.24, 2.45) is 11.8 Å². The molecule has 1 saturated carbocycles. The van der Waals surface area contributed by atoms with Crippen molar-refractivity contribution in [1.29, 1.82) is 5.26 Å². The molecule has 0 saturated heterocycles. The third-order valence-corrected chi connectivity index (χ3v) is 5.62. The molecule has 1 fully saturated rings. The standard InChI is InChI=1S/C21H29N3/c1-15(13-22)14-24-20-12-17(3)16(2)11-19(20)23-21(24)10-9-18-7-5-4-6-8-18/h11-12,15,18H,4-10,14H2,1-3H3. The molecule has 1 aromatic heterocycles. The van der Waals surface area contributed by atoms with Crippen molar-refractivity contribution in [2.75, 3.05) is 0 Å². The first kappa shape index (κ1) is 17.0. The lowest BCUT2D eigenvalue weighted by Gasteiger charge is -2.21. The van der Waals surface area contributed by atoms with E-state index < -0.39 is 0 Å². The zero-order valence-corrected chi connectivity index (χ0v) is 15.3. The van der Waals surface area contributed by atoms with E-state index in [1.54, 1.807) is 0 Å². The van der Waals surface area contributed by atoms with E-state index >= 15 is 0 Å². The van der Waals surface area contributed by atoms with Gasteiger partial charge in [-0.25, -0.2) is 4.98 Å². The van der Waals surface area contributed by atoms with Crippen LogP contribution in [0.3, 0.4) is 0 Å². The van der Waals surface area contributed by atoms with Crippen LogP contribution in [0.4, 0.5) is 0 Å². The number of imidazole rings is 1. The van der Waals surface area contributed by atoms with Crippen LogP contribution in [0.15, 0.2) is 12.1 Å². The molecule has 3 nitrogen and oxygen atoms in total. The van der Waals surface area contributed by atoms with Crippen molar-refractivity contribution < 1.29 is 0 Å². The van der Waals surface area contributed by atoms with Gasteiger partial charge in [0.05, 0.1) is 23.0 Å². The number of rotatable bonds is 5. The maximum atomic E-state index is 9.25. The number of benzene rings is 1. The fraction of sp³-hybridized carbons (Fsp3) is 0.619. The average Bonchev–Trinajstić information content (AvgIpc) is 2.91. The van der Waals surface area contributed by atoms with Crippen LogP contribution in [0.25, 0.3) is 11.0 Å². The predicted molar refractivity (Wildman–Crippen MR) is 98.9 cm³/mol. The van der Waals surface area contributed by atoms with Crippen molar-refractivity contribution in [3.63, 3.8) is 0 Å². The quantitative estimate of drug-likeness (QED) is 0.746. The van der Waals surface area contributed by atoms with Crippen molar-refractivity contribution in [3.8, 4) is 6.07 Å². The van der Waals surface area contributed by atoms with Crippen LogP contribution < -0.4 is 0 Å². The highest BCUT2D eigenvalue weighted by atomic mass is 15.1. The molecular formula is C21H29N3. The SMILES string of the molecule is Cc1cc2nc(CCC3CCCCC3)n(CC(C)C#N)c2cc1C. The van der Waals surface area contributed by atoms with Gasteiger partial charge in [0.1, 0.15) is 5.82 Å². The van der Waals surface area contributed by atoms with E-state index in [2.05, 4.69) is 36.6 Å². The molecule has 1 unspecified atom stereocenters. The van der Waals surface area contributed by atoms with E-state index in [1.807, 2.05) is 6.92 Å². The van der Waals surface area contributed by atoms with E-state index in [0.717, 1.165) is 24.4 Å². The highest BCUT2D eigenvalue weighted by Crippen LogP contribution is 2.29. The molecule has 3 heteroatoms. The number of hydrogen-bond acceptors (Lipinski definition) is 2. The van der Waals surface area contributed by atoms with Crippen LogP contribution in [0.2, 0.25) is 0 Å². The normalized spacial score (nSPS) is 17.1. The molecule has 1 atom stereocenters. The lowest BCUT2D eigenvalue weighted by Crippen LogP contribution is -2.12. The highest BCUT2D eigenvalue weighted by Gasteiger charge is 2.18. The lowest BCUT2D eigenvalue weighted by molar-refractivity contribution is 0.335.